The van der Waals surface area contributed by atoms with Gasteiger partial charge in [-0.3, -0.25) is 9.59 Å². The van der Waals surface area contributed by atoms with E-state index in [1.807, 2.05) is 31.2 Å². The van der Waals surface area contributed by atoms with E-state index < -0.39 is 0 Å². The van der Waals surface area contributed by atoms with Crippen molar-refractivity contribution >= 4 is 28.4 Å². The lowest BCUT2D eigenvalue weighted by Crippen LogP contribution is -2.23. The summed E-state index contributed by atoms with van der Waals surface area (Å²) < 4.78 is 5.80. The van der Waals surface area contributed by atoms with Gasteiger partial charge >= 0.3 is 0 Å². The van der Waals surface area contributed by atoms with Gasteiger partial charge in [-0.05, 0) is 55.0 Å². The number of rotatable bonds is 5. The number of benzene rings is 2. The summed E-state index contributed by atoms with van der Waals surface area (Å²) in [4.78, 5) is 26.8. The molecular formula is C21H21N3O3. The summed E-state index contributed by atoms with van der Waals surface area (Å²) in [6.07, 6.45) is 0. The topological polar surface area (TPSA) is 80.3 Å². The van der Waals surface area contributed by atoms with E-state index >= 15 is 0 Å². The number of nitrogens with zero attached hydrogens (tertiary/aromatic N) is 1. The first-order valence-electron chi connectivity index (χ1n) is 8.64. The number of hydrogen-bond acceptors (Lipinski definition) is 4. The van der Waals surface area contributed by atoms with Crippen molar-refractivity contribution in [1.82, 2.24) is 10.3 Å². The number of pyridine rings is 1. The summed E-state index contributed by atoms with van der Waals surface area (Å²) in [5.74, 6) is 0.935. The minimum atomic E-state index is -0.118. The maximum Gasteiger partial charge on any atom is 0.221 e. The third-order valence-electron chi connectivity index (χ3n) is 4.00. The highest BCUT2D eigenvalue weighted by molar-refractivity contribution is 5.88. The molecule has 1 atom stereocenters. The molecule has 138 valence electrons. The van der Waals surface area contributed by atoms with Gasteiger partial charge in [0, 0.05) is 31.0 Å². The molecule has 0 saturated heterocycles. The van der Waals surface area contributed by atoms with E-state index in [0.29, 0.717) is 17.3 Å². The molecular weight excluding hydrogens is 342 g/mol. The summed E-state index contributed by atoms with van der Waals surface area (Å²) in [6, 6.07) is 16.6. The third kappa shape index (κ3) is 4.82. The number of carbonyl (C=O) groups excluding carboxylic acids is 2. The molecule has 1 aromatic heterocycles. The van der Waals surface area contributed by atoms with Gasteiger partial charge in [-0.1, -0.05) is 6.07 Å². The van der Waals surface area contributed by atoms with E-state index in [1.165, 1.54) is 13.8 Å². The second-order valence-corrected chi connectivity index (χ2v) is 6.33. The van der Waals surface area contributed by atoms with Gasteiger partial charge in [-0.2, -0.15) is 0 Å². The lowest BCUT2D eigenvalue weighted by atomic mass is 10.1. The summed E-state index contributed by atoms with van der Waals surface area (Å²) in [6.45, 7) is 4.91. The molecule has 6 heteroatoms. The first kappa shape index (κ1) is 18.4. The first-order valence-corrected chi connectivity index (χ1v) is 8.64. The predicted octanol–water partition coefficient (Wildman–Crippen LogP) is 4.18. The van der Waals surface area contributed by atoms with Crippen LogP contribution >= 0.6 is 0 Å². The molecule has 0 fully saturated rings. The predicted molar refractivity (Wildman–Crippen MR) is 105 cm³/mol. The molecule has 6 nitrogen and oxygen atoms in total. The Morgan fingerprint density at radius 1 is 0.963 bits per heavy atom. The zero-order valence-corrected chi connectivity index (χ0v) is 15.4. The lowest BCUT2D eigenvalue weighted by Gasteiger charge is -2.13. The van der Waals surface area contributed by atoms with Crippen molar-refractivity contribution in [2.24, 2.45) is 0 Å². The fraction of sp³-hybridized carbons (Fsp3) is 0.190. The molecule has 0 saturated carbocycles. The second-order valence-electron chi connectivity index (χ2n) is 6.33. The molecule has 3 aromatic rings. The summed E-state index contributed by atoms with van der Waals surface area (Å²) in [7, 11) is 0. The minimum Gasteiger partial charge on any atom is -0.439 e. The SMILES string of the molecule is CC(=O)Nc1ccc(Oc2ccc3cc(C(C)NC(C)=O)ccc3n2)cc1. The maximum atomic E-state index is 11.2. The van der Waals surface area contributed by atoms with Gasteiger partial charge in [-0.25, -0.2) is 4.98 Å². The van der Waals surface area contributed by atoms with Crippen LogP contribution in [0, 0.1) is 0 Å². The van der Waals surface area contributed by atoms with Crippen molar-refractivity contribution in [2.75, 3.05) is 5.32 Å². The molecule has 0 aliphatic carbocycles. The van der Waals surface area contributed by atoms with Crippen molar-refractivity contribution in [2.45, 2.75) is 26.8 Å². The molecule has 1 unspecified atom stereocenters. The molecule has 3 rings (SSSR count). The Hall–Kier alpha value is -3.41. The highest BCUT2D eigenvalue weighted by Crippen LogP contribution is 2.25. The molecule has 0 aliphatic heterocycles. The number of fused-ring (bicyclic) bond motifs is 1. The number of amides is 2. The van der Waals surface area contributed by atoms with E-state index in [-0.39, 0.29) is 17.9 Å². The third-order valence-corrected chi connectivity index (χ3v) is 4.00. The first-order chi connectivity index (χ1) is 12.9. The molecule has 0 spiro atoms. The molecule has 2 N–H and O–H groups in total. The van der Waals surface area contributed by atoms with Gasteiger partial charge < -0.3 is 15.4 Å². The standard InChI is InChI=1S/C21H21N3O3/c1-13(22-14(2)25)16-4-10-20-17(12-16)5-11-21(24-20)27-19-8-6-18(7-9-19)23-15(3)26/h4-13H,1-3H3,(H,22,25)(H,23,26). The number of ether oxygens (including phenoxy) is 1. The second kappa shape index (κ2) is 7.86. The van der Waals surface area contributed by atoms with E-state index in [9.17, 15) is 9.59 Å². The van der Waals surface area contributed by atoms with Crippen molar-refractivity contribution in [3.8, 4) is 11.6 Å². The van der Waals surface area contributed by atoms with Crippen LogP contribution in [0.2, 0.25) is 0 Å². The molecule has 1 heterocycles. The van der Waals surface area contributed by atoms with Crippen LogP contribution in [0.5, 0.6) is 11.6 Å². The van der Waals surface area contributed by atoms with Crippen LogP contribution < -0.4 is 15.4 Å². The highest BCUT2D eigenvalue weighted by atomic mass is 16.5. The minimum absolute atomic E-state index is 0.0611. The molecule has 0 aliphatic rings. The monoisotopic (exact) mass is 363 g/mol. The number of anilines is 1. The van der Waals surface area contributed by atoms with Crippen molar-refractivity contribution < 1.29 is 14.3 Å². The normalized spacial score (nSPS) is 11.7. The Labute approximate surface area is 157 Å². The van der Waals surface area contributed by atoms with Crippen LogP contribution in [0.25, 0.3) is 10.9 Å². The van der Waals surface area contributed by atoms with Crippen LogP contribution in [0.4, 0.5) is 5.69 Å². The van der Waals surface area contributed by atoms with E-state index in [2.05, 4.69) is 15.6 Å². The molecule has 27 heavy (non-hydrogen) atoms. The molecule has 0 bridgehead atoms. The Kier molecular flexibility index (Phi) is 5.35. The van der Waals surface area contributed by atoms with Gasteiger partial charge in [0.2, 0.25) is 17.7 Å². The van der Waals surface area contributed by atoms with Gasteiger partial charge in [-0.15, -0.1) is 0 Å². The summed E-state index contributed by atoms with van der Waals surface area (Å²) >= 11 is 0. The fourth-order valence-corrected chi connectivity index (χ4v) is 2.77. The number of nitrogens with one attached hydrogen (secondary N) is 2. The summed E-state index contributed by atoms with van der Waals surface area (Å²) in [5.41, 5.74) is 2.53. The Morgan fingerprint density at radius 3 is 2.37 bits per heavy atom. The van der Waals surface area contributed by atoms with Crippen LogP contribution in [-0.4, -0.2) is 16.8 Å². The van der Waals surface area contributed by atoms with Crippen LogP contribution in [0.3, 0.4) is 0 Å². The van der Waals surface area contributed by atoms with Crippen LogP contribution in [-0.2, 0) is 9.59 Å². The van der Waals surface area contributed by atoms with E-state index in [4.69, 9.17) is 4.74 Å². The zero-order chi connectivity index (χ0) is 19.4. The average molecular weight is 363 g/mol. The van der Waals surface area contributed by atoms with Gasteiger partial charge in [0.25, 0.3) is 0 Å². The largest absolute Gasteiger partial charge is 0.439 e. The lowest BCUT2D eigenvalue weighted by molar-refractivity contribution is -0.119. The van der Waals surface area contributed by atoms with Crippen LogP contribution in [0.1, 0.15) is 32.4 Å². The highest BCUT2D eigenvalue weighted by Gasteiger charge is 2.08. The van der Waals surface area contributed by atoms with Gasteiger partial charge in [0.15, 0.2) is 0 Å². The van der Waals surface area contributed by atoms with Crippen molar-refractivity contribution in [1.29, 1.82) is 0 Å². The van der Waals surface area contributed by atoms with E-state index in [0.717, 1.165) is 16.5 Å². The molecule has 2 amide bonds. The Balaban J connectivity index is 1.76. The number of aromatic nitrogens is 1. The Bertz CT molecular complexity index is 984. The van der Waals surface area contributed by atoms with Crippen LogP contribution in [0.15, 0.2) is 54.6 Å². The van der Waals surface area contributed by atoms with Gasteiger partial charge in [0.05, 0.1) is 11.6 Å². The van der Waals surface area contributed by atoms with Crippen molar-refractivity contribution in [3.63, 3.8) is 0 Å². The van der Waals surface area contributed by atoms with Gasteiger partial charge in [0.1, 0.15) is 5.75 Å². The average Bonchev–Trinajstić information content (AvgIpc) is 2.62. The summed E-state index contributed by atoms with van der Waals surface area (Å²) in [5, 5.41) is 6.55. The molecule has 2 aromatic carbocycles. The Morgan fingerprint density at radius 2 is 1.70 bits per heavy atom. The zero-order valence-electron chi connectivity index (χ0n) is 15.4. The maximum absolute atomic E-state index is 11.2. The number of hydrogen-bond donors (Lipinski definition) is 2. The van der Waals surface area contributed by atoms with E-state index in [1.54, 1.807) is 30.3 Å². The number of carbonyl (C=O) groups is 2. The fourth-order valence-electron chi connectivity index (χ4n) is 2.77. The quantitative estimate of drug-likeness (QED) is 0.712. The molecule has 0 radical (unpaired) electrons. The smallest absolute Gasteiger partial charge is 0.221 e. The van der Waals surface area contributed by atoms with Crippen molar-refractivity contribution in [3.05, 3.63) is 60.2 Å².